The van der Waals surface area contributed by atoms with E-state index in [1.54, 1.807) is 7.11 Å². The number of carbonyl (C=O) groups is 1. The molecule has 1 aromatic carbocycles. The first-order valence-electron chi connectivity index (χ1n) is 9.70. The van der Waals surface area contributed by atoms with Gasteiger partial charge in [0.05, 0.1) is 13.2 Å². The smallest absolute Gasteiger partial charge is 0.248 e. The standard InChI is InChI=1S/C21H32N2O3/c1-22-15-19(18-6-4-3-5-7-18)14-21(17-22)8-10-23(11-9-21)20(24)16-26-13-12-25-2/h3-7,19H,8-17H2,1-2H3/t19-/m1/s1. The Balaban J connectivity index is 1.54. The summed E-state index contributed by atoms with van der Waals surface area (Å²) in [5.41, 5.74) is 1.78. The maximum atomic E-state index is 12.3. The highest BCUT2D eigenvalue weighted by molar-refractivity contribution is 5.77. The Morgan fingerprint density at radius 3 is 2.62 bits per heavy atom. The van der Waals surface area contributed by atoms with E-state index in [4.69, 9.17) is 9.47 Å². The molecule has 2 saturated heterocycles. The minimum absolute atomic E-state index is 0.111. The number of benzene rings is 1. The summed E-state index contributed by atoms with van der Waals surface area (Å²) in [6, 6.07) is 10.9. The molecule has 2 aliphatic rings. The largest absolute Gasteiger partial charge is 0.382 e. The summed E-state index contributed by atoms with van der Waals surface area (Å²) in [7, 11) is 3.87. The van der Waals surface area contributed by atoms with E-state index in [0.29, 0.717) is 24.5 Å². The van der Waals surface area contributed by atoms with E-state index in [-0.39, 0.29) is 12.5 Å². The van der Waals surface area contributed by atoms with Gasteiger partial charge in [0.1, 0.15) is 6.61 Å². The van der Waals surface area contributed by atoms with Crippen molar-refractivity contribution >= 4 is 5.91 Å². The normalized spacial score (nSPS) is 23.3. The summed E-state index contributed by atoms with van der Waals surface area (Å²) in [5.74, 6) is 0.703. The van der Waals surface area contributed by atoms with E-state index in [9.17, 15) is 4.79 Å². The number of rotatable bonds is 6. The molecule has 2 heterocycles. The van der Waals surface area contributed by atoms with Crippen LogP contribution >= 0.6 is 0 Å². The fraction of sp³-hybridized carbons (Fsp3) is 0.667. The van der Waals surface area contributed by atoms with Crippen LogP contribution in [0.25, 0.3) is 0 Å². The van der Waals surface area contributed by atoms with Crippen LogP contribution in [-0.4, -0.2) is 75.9 Å². The SMILES string of the molecule is COCCOCC(=O)N1CCC2(CC1)C[C@@H](c1ccccc1)CN(C)C2. The van der Waals surface area contributed by atoms with Gasteiger partial charge in [-0.2, -0.15) is 0 Å². The number of carbonyl (C=O) groups excluding carboxylic acids is 1. The van der Waals surface area contributed by atoms with Crippen molar-refractivity contribution in [1.82, 2.24) is 9.80 Å². The average Bonchev–Trinajstić information content (AvgIpc) is 2.66. The number of likely N-dealkylation sites (tertiary alicyclic amines) is 2. The summed E-state index contributed by atoms with van der Waals surface area (Å²) in [5, 5.41) is 0. The van der Waals surface area contributed by atoms with Gasteiger partial charge in [-0.25, -0.2) is 0 Å². The highest BCUT2D eigenvalue weighted by Gasteiger charge is 2.41. The molecule has 0 radical (unpaired) electrons. The lowest BCUT2D eigenvalue weighted by Gasteiger charge is -2.49. The van der Waals surface area contributed by atoms with Gasteiger partial charge in [-0.3, -0.25) is 4.79 Å². The molecule has 0 aromatic heterocycles. The second-order valence-electron chi connectivity index (χ2n) is 7.93. The lowest BCUT2D eigenvalue weighted by atomic mass is 9.68. The molecule has 0 unspecified atom stereocenters. The molecule has 0 bridgehead atoms. The third-order valence-electron chi connectivity index (χ3n) is 5.92. The molecule has 0 aliphatic carbocycles. The van der Waals surface area contributed by atoms with Gasteiger partial charge in [-0.15, -0.1) is 0 Å². The van der Waals surface area contributed by atoms with Crippen LogP contribution in [0.5, 0.6) is 0 Å². The second-order valence-corrected chi connectivity index (χ2v) is 7.93. The monoisotopic (exact) mass is 360 g/mol. The molecule has 3 rings (SSSR count). The highest BCUT2D eigenvalue weighted by atomic mass is 16.5. The Morgan fingerprint density at radius 2 is 1.92 bits per heavy atom. The molecule has 26 heavy (non-hydrogen) atoms. The number of amides is 1. The first-order chi connectivity index (χ1) is 12.6. The van der Waals surface area contributed by atoms with E-state index in [1.165, 1.54) is 12.0 Å². The Kier molecular flexibility index (Phi) is 6.68. The van der Waals surface area contributed by atoms with Crippen LogP contribution in [0.1, 0.15) is 30.7 Å². The van der Waals surface area contributed by atoms with Crippen molar-refractivity contribution in [2.24, 2.45) is 5.41 Å². The minimum atomic E-state index is 0.111. The first kappa shape index (κ1) is 19.3. The van der Waals surface area contributed by atoms with Crippen molar-refractivity contribution < 1.29 is 14.3 Å². The van der Waals surface area contributed by atoms with E-state index in [2.05, 4.69) is 42.3 Å². The Labute approximate surface area is 157 Å². The fourth-order valence-electron chi connectivity index (χ4n) is 4.60. The number of nitrogens with zero attached hydrogens (tertiary/aromatic N) is 2. The molecule has 2 fully saturated rings. The predicted octanol–water partition coefficient (Wildman–Crippen LogP) is 2.38. The molecule has 5 nitrogen and oxygen atoms in total. The highest BCUT2D eigenvalue weighted by Crippen LogP contribution is 2.44. The predicted molar refractivity (Wildman–Crippen MR) is 102 cm³/mol. The van der Waals surface area contributed by atoms with Crippen LogP contribution in [0.3, 0.4) is 0 Å². The van der Waals surface area contributed by atoms with Gasteiger partial charge in [0, 0.05) is 33.3 Å². The van der Waals surface area contributed by atoms with Crippen LogP contribution in [0.4, 0.5) is 0 Å². The van der Waals surface area contributed by atoms with Gasteiger partial charge in [-0.05, 0) is 43.2 Å². The Bertz CT molecular complexity index is 570. The summed E-state index contributed by atoms with van der Waals surface area (Å²) in [6.45, 7) is 5.14. The zero-order valence-electron chi connectivity index (χ0n) is 16.2. The molecule has 1 aromatic rings. The summed E-state index contributed by atoms with van der Waals surface area (Å²) in [4.78, 5) is 16.8. The molecule has 144 valence electrons. The van der Waals surface area contributed by atoms with Crippen LogP contribution in [0, 0.1) is 5.41 Å². The molecule has 2 aliphatic heterocycles. The van der Waals surface area contributed by atoms with Crippen molar-refractivity contribution in [2.75, 3.05) is 60.2 Å². The van der Waals surface area contributed by atoms with Crippen molar-refractivity contribution in [1.29, 1.82) is 0 Å². The lowest BCUT2D eigenvalue weighted by Crippen LogP contribution is -2.52. The fourth-order valence-corrected chi connectivity index (χ4v) is 4.60. The van der Waals surface area contributed by atoms with E-state index < -0.39 is 0 Å². The van der Waals surface area contributed by atoms with Crippen LogP contribution in [0.15, 0.2) is 30.3 Å². The maximum absolute atomic E-state index is 12.3. The third-order valence-corrected chi connectivity index (χ3v) is 5.92. The number of piperidine rings is 2. The zero-order chi connectivity index (χ0) is 18.4. The molecule has 0 N–H and O–H groups in total. The Morgan fingerprint density at radius 1 is 1.19 bits per heavy atom. The van der Waals surface area contributed by atoms with E-state index in [1.807, 2.05) is 4.90 Å². The van der Waals surface area contributed by atoms with Crippen molar-refractivity contribution in [3.8, 4) is 0 Å². The average molecular weight is 360 g/mol. The number of hydrogen-bond donors (Lipinski definition) is 0. The quantitative estimate of drug-likeness (QED) is 0.731. The van der Waals surface area contributed by atoms with Crippen molar-refractivity contribution in [3.63, 3.8) is 0 Å². The van der Waals surface area contributed by atoms with Crippen LogP contribution < -0.4 is 0 Å². The molecule has 5 heteroatoms. The molecule has 1 amide bonds. The topological polar surface area (TPSA) is 42.0 Å². The van der Waals surface area contributed by atoms with Gasteiger partial charge >= 0.3 is 0 Å². The third kappa shape index (κ3) is 4.84. The van der Waals surface area contributed by atoms with Gasteiger partial charge in [0.15, 0.2) is 0 Å². The zero-order valence-corrected chi connectivity index (χ0v) is 16.2. The Hall–Kier alpha value is -1.43. The molecule has 0 saturated carbocycles. The summed E-state index contributed by atoms with van der Waals surface area (Å²) >= 11 is 0. The number of ether oxygens (including phenoxy) is 2. The van der Waals surface area contributed by atoms with Crippen LogP contribution in [-0.2, 0) is 14.3 Å². The van der Waals surface area contributed by atoms with Crippen molar-refractivity contribution in [2.45, 2.75) is 25.2 Å². The lowest BCUT2D eigenvalue weighted by molar-refractivity contribution is -0.139. The number of methoxy groups -OCH3 is 1. The van der Waals surface area contributed by atoms with Crippen LogP contribution in [0.2, 0.25) is 0 Å². The molecular weight excluding hydrogens is 328 g/mol. The molecular formula is C21H32N2O3. The number of likely N-dealkylation sites (N-methyl/N-ethyl adjacent to an activating group) is 1. The van der Waals surface area contributed by atoms with Gasteiger partial charge in [-0.1, -0.05) is 30.3 Å². The first-order valence-corrected chi connectivity index (χ1v) is 9.70. The second kappa shape index (κ2) is 8.98. The number of hydrogen-bond acceptors (Lipinski definition) is 4. The summed E-state index contributed by atoms with van der Waals surface area (Å²) in [6.07, 6.45) is 3.41. The maximum Gasteiger partial charge on any atom is 0.248 e. The summed E-state index contributed by atoms with van der Waals surface area (Å²) < 4.78 is 10.3. The van der Waals surface area contributed by atoms with Gasteiger partial charge < -0.3 is 19.3 Å². The van der Waals surface area contributed by atoms with Gasteiger partial charge in [0.2, 0.25) is 5.91 Å². The molecule has 1 atom stereocenters. The van der Waals surface area contributed by atoms with E-state index >= 15 is 0 Å². The van der Waals surface area contributed by atoms with E-state index in [0.717, 1.165) is 39.0 Å². The minimum Gasteiger partial charge on any atom is -0.382 e. The van der Waals surface area contributed by atoms with Gasteiger partial charge in [0.25, 0.3) is 0 Å². The molecule has 1 spiro atoms. The van der Waals surface area contributed by atoms with Crippen molar-refractivity contribution in [3.05, 3.63) is 35.9 Å².